The quantitative estimate of drug-likeness (QED) is 0.306. The minimum atomic E-state index is -4.37. The van der Waals surface area contributed by atoms with Crippen LogP contribution in [0.2, 0.25) is 0 Å². The van der Waals surface area contributed by atoms with Crippen LogP contribution in [0.5, 0.6) is 0 Å². The molecule has 1 aromatic carbocycles. The van der Waals surface area contributed by atoms with Crippen molar-refractivity contribution in [2.45, 2.75) is 44.3 Å². The van der Waals surface area contributed by atoms with Crippen LogP contribution in [0.15, 0.2) is 35.6 Å². The number of rotatable bonds is 7. The first-order chi connectivity index (χ1) is 14.9. The average Bonchev–Trinajstić information content (AvgIpc) is 3.24. The summed E-state index contributed by atoms with van der Waals surface area (Å²) in [6.45, 7) is 4.81. The van der Waals surface area contributed by atoms with Gasteiger partial charge in [0.1, 0.15) is 12.2 Å². The number of benzene rings is 1. The molecule has 32 heavy (non-hydrogen) atoms. The number of guanidine groups is 1. The zero-order valence-electron chi connectivity index (χ0n) is 18.3. The third-order valence-electron chi connectivity index (χ3n) is 5.73. The lowest BCUT2D eigenvalue weighted by Crippen LogP contribution is -2.48. The van der Waals surface area contributed by atoms with Crippen molar-refractivity contribution in [1.82, 2.24) is 25.4 Å². The van der Waals surface area contributed by atoms with Gasteiger partial charge in [-0.3, -0.25) is 4.99 Å². The largest absolute Gasteiger partial charge is 0.416 e. The molecule has 0 saturated carbocycles. The van der Waals surface area contributed by atoms with Crippen LogP contribution in [0.4, 0.5) is 13.2 Å². The SMILES string of the molecule is CCc1nncn1CCNC(=NC)NCC1(c2cccc(C(F)(F)F)c2)CCOCC1.I. The predicted octanol–water partition coefficient (Wildman–Crippen LogP) is 3.39. The van der Waals surface area contributed by atoms with Gasteiger partial charge in [-0.1, -0.05) is 25.1 Å². The Labute approximate surface area is 203 Å². The van der Waals surface area contributed by atoms with Gasteiger partial charge in [0.15, 0.2) is 5.96 Å². The number of aromatic nitrogens is 3. The topological polar surface area (TPSA) is 76.4 Å². The minimum Gasteiger partial charge on any atom is -0.381 e. The summed E-state index contributed by atoms with van der Waals surface area (Å²) in [6.07, 6.45) is -0.597. The minimum absolute atomic E-state index is 0. The summed E-state index contributed by atoms with van der Waals surface area (Å²) >= 11 is 0. The molecule has 0 bridgehead atoms. The van der Waals surface area contributed by atoms with Crippen molar-refractivity contribution in [2.24, 2.45) is 4.99 Å². The molecule has 2 N–H and O–H groups in total. The van der Waals surface area contributed by atoms with Gasteiger partial charge in [0, 0.05) is 51.7 Å². The maximum Gasteiger partial charge on any atom is 0.416 e. The highest BCUT2D eigenvalue weighted by Gasteiger charge is 2.37. The molecule has 3 rings (SSSR count). The Morgan fingerprint density at radius 2 is 2.00 bits per heavy atom. The van der Waals surface area contributed by atoms with Crippen LogP contribution in [0, 0.1) is 0 Å². The third kappa shape index (κ3) is 6.56. The zero-order chi connectivity index (χ0) is 22.3. The van der Waals surface area contributed by atoms with Gasteiger partial charge in [-0.2, -0.15) is 13.2 Å². The summed E-state index contributed by atoms with van der Waals surface area (Å²) in [5.74, 6) is 1.51. The number of ether oxygens (including phenoxy) is 1. The predicted molar refractivity (Wildman–Crippen MR) is 127 cm³/mol. The molecule has 1 aromatic heterocycles. The summed E-state index contributed by atoms with van der Waals surface area (Å²) in [6, 6.07) is 5.63. The smallest absolute Gasteiger partial charge is 0.381 e. The molecule has 0 spiro atoms. The Bertz CT molecular complexity index is 880. The first kappa shape index (κ1) is 26.4. The lowest BCUT2D eigenvalue weighted by atomic mass is 9.73. The molecule has 1 aliphatic heterocycles. The van der Waals surface area contributed by atoms with E-state index in [1.165, 1.54) is 12.1 Å². The van der Waals surface area contributed by atoms with Crippen LogP contribution in [-0.2, 0) is 29.3 Å². The van der Waals surface area contributed by atoms with Crippen molar-refractivity contribution in [3.63, 3.8) is 0 Å². The van der Waals surface area contributed by atoms with Crippen molar-refractivity contribution >= 4 is 29.9 Å². The molecule has 7 nitrogen and oxygen atoms in total. The fourth-order valence-electron chi connectivity index (χ4n) is 3.86. The first-order valence-corrected chi connectivity index (χ1v) is 10.4. The van der Waals surface area contributed by atoms with Crippen LogP contribution in [0.1, 0.15) is 36.7 Å². The van der Waals surface area contributed by atoms with E-state index in [1.54, 1.807) is 19.4 Å². The van der Waals surface area contributed by atoms with Crippen molar-refractivity contribution in [3.8, 4) is 0 Å². The number of aliphatic imine (C=N–C) groups is 1. The fourth-order valence-corrected chi connectivity index (χ4v) is 3.86. The number of alkyl halides is 3. The van der Waals surface area contributed by atoms with Crippen molar-refractivity contribution in [1.29, 1.82) is 0 Å². The van der Waals surface area contributed by atoms with Crippen LogP contribution in [0.25, 0.3) is 0 Å². The molecule has 1 fully saturated rings. The number of nitrogens with zero attached hydrogens (tertiary/aromatic N) is 4. The standard InChI is InChI=1S/C21H29F3N6O.HI/c1-3-18-29-28-15-30(18)10-9-26-19(25-2)27-14-20(7-11-31-12-8-20)16-5-4-6-17(13-16)21(22,23)24;/h4-6,13,15H,3,7-12,14H2,1-2H3,(H2,25,26,27);1H. The van der Waals surface area contributed by atoms with Gasteiger partial charge in [-0.25, -0.2) is 0 Å². The van der Waals surface area contributed by atoms with Crippen LogP contribution < -0.4 is 10.6 Å². The molecule has 1 saturated heterocycles. The molecular formula is C21H30F3IN6O. The van der Waals surface area contributed by atoms with Crippen molar-refractivity contribution < 1.29 is 17.9 Å². The van der Waals surface area contributed by atoms with Gasteiger partial charge in [0.25, 0.3) is 0 Å². The van der Waals surface area contributed by atoms with E-state index in [2.05, 4.69) is 25.8 Å². The van der Waals surface area contributed by atoms with Crippen LogP contribution in [0.3, 0.4) is 0 Å². The molecule has 178 valence electrons. The highest BCUT2D eigenvalue weighted by Crippen LogP contribution is 2.37. The molecule has 11 heteroatoms. The van der Waals surface area contributed by atoms with E-state index in [4.69, 9.17) is 4.74 Å². The van der Waals surface area contributed by atoms with E-state index in [0.717, 1.165) is 18.3 Å². The van der Waals surface area contributed by atoms with Gasteiger partial charge in [-0.15, -0.1) is 34.2 Å². The number of halogens is 4. The number of hydrogen-bond donors (Lipinski definition) is 2. The van der Waals surface area contributed by atoms with E-state index < -0.39 is 17.2 Å². The number of aryl methyl sites for hydroxylation is 1. The van der Waals surface area contributed by atoms with Gasteiger partial charge in [0.2, 0.25) is 0 Å². The Kier molecular flexibility index (Phi) is 9.74. The van der Waals surface area contributed by atoms with E-state index in [-0.39, 0.29) is 24.0 Å². The lowest BCUT2D eigenvalue weighted by Gasteiger charge is -2.38. The van der Waals surface area contributed by atoms with Gasteiger partial charge < -0.3 is 19.9 Å². The molecule has 2 aromatic rings. The summed E-state index contributed by atoms with van der Waals surface area (Å²) in [7, 11) is 1.67. The third-order valence-corrected chi connectivity index (χ3v) is 5.73. The normalized spacial score (nSPS) is 16.3. The molecule has 0 unspecified atom stereocenters. The zero-order valence-corrected chi connectivity index (χ0v) is 20.6. The summed E-state index contributed by atoms with van der Waals surface area (Å²) in [4.78, 5) is 4.26. The molecule has 1 aliphatic rings. The Morgan fingerprint density at radius 3 is 2.66 bits per heavy atom. The monoisotopic (exact) mass is 566 g/mol. The second-order valence-electron chi connectivity index (χ2n) is 7.62. The van der Waals surface area contributed by atoms with E-state index in [9.17, 15) is 13.2 Å². The maximum absolute atomic E-state index is 13.3. The van der Waals surface area contributed by atoms with Gasteiger partial charge in [0.05, 0.1) is 5.56 Å². The van der Waals surface area contributed by atoms with Crippen molar-refractivity contribution in [3.05, 3.63) is 47.5 Å². The first-order valence-electron chi connectivity index (χ1n) is 10.4. The average molecular weight is 566 g/mol. The highest BCUT2D eigenvalue weighted by molar-refractivity contribution is 14.0. The number of nitrogens with one attached hydrogen (secondary N) is 2. The van der Waals surface area contributed by atoms with Crippen LogP contribution >= 0.6 is 24.0 Å². The molecule has 0 amide bonds. The van der Waals surface area contributed by atoms with E-state index in [0.29, 0.717) is 57.2 Å². The van der Waals surface area contributed by atoms with E-state index >= 15 is 0 Å². The second-order valence-corrected chi connectivity index (χ2v) is 7.62. The van der Waals surface area contributed by atoms with Crippen LogP contribution in [-0.4, -0.2) is 54.1 Å². The lowest BCUT2D eigenvalue weighted by molar-refractivity contribution is -0.137. The van der Waals surface area contributed by atoms with E-state index in [1.807, 2.05) is 11.5 Å². The molecule has 0 radical (unpaired) electrons. The molecule has 2 heterocycles. The van der Waals surface area contributed by atoms with Crippen molar-refractivity contribution in [2.75, 3.05) is 33.4 Å². The summed E-state index contributed by atoms with van der Waals surface area (Å²) in [5, 5.41) is 14.5. The van der Waals surface area contributed by atoms with Gasteiger partial charge in [-0.05, 0) is 24.5 Å². The van der Waals surface area contributed by atoms with Gasteiger partial charge >= 0.3 is 6.18 Å². The Balaban J connectivity index is 0.00000363. The summed E-state index contributed by atoms with van der Waals surface area (Å²) < 4.78 is 47.2. The molecule has 0 atom stereocenters. The molecular weight excluding hydrogens is 536 g/mol. The highest BCUT2D eigenvalue weighted by atomic mass is 127. The Hall–Kier alpha value is -1.89. The molecule has 0 aliphatic carbocycles. The summed E-state index contributed by atoms with van der Waals surface area (Å²) in [5.41, 5.74) is -0.412. The number of hydrogen-bond acceptors (Lipinski definition) is 4. The maximum atomic E-state index is 13.3. The Morgan fingerprint density at radius 1 is 1.25 bits per heavy atom. The second kappa shape index (κ2) is 11.8. The fraction of sp³-hybridized carbons (Fsp3) is 0.571.